The molecule has 0 aliphatic carbocycles. The van der Waals surface area contributed by atoms with Gasteiger partial charge in [-0.1, -0.05) is 0 Å². The Morgan fingerprint density at radius 2 is 1.79 bits per heavy atom. The Morgan fingerprint density at radius 3 is 2.26 bits per heavy atom. The van der Waals surface area contributed by atoms with Crippen molar-refractivity contribution >= 4 is 11.7 Å². The monoisotopic (exact) mass is 274 g/mol. The molecule has 2 amide bonds. The molecule has 0 aliphatic rings. The van der Waals surface area contributed by atoms with E-state index in [0.29, 0.717) is 6.54 Å². The van der Waals surface area contributed by atoms with Gasteiger partial charge in [0.05, 0.1) is 5.69 Å². The van der Waals surface area contributed by atoms with Crippen molar-refractivity contribution in [3.63, 3.8) is 0 Å². The summed E-state index contributed by atoms with van der Waals surface area (Å²) in [5.41, 5.74) is -0.847. The highest BCUT2D eigenvalue weighted by Crippen LogP contribution is 2.21. The quantitative estimate of drug-likeness (QED) is 0.818. The fraction of sp³-hybridized carbons (Fsp3) is 0.462. The second-order valence-electron chi connectivity index (χ2n) is 5.07. The van der Waals surface area contributed by atoms with Crippen LogP contribution in [0, 0.1) is 17.5 Å². The van der Waals surface area contributed by atoms with E-state index in [1.54, 1.807) is 6.92 Å². The molecule has 0 fully saturated rings. The third-order valence-electron chi connectivity index (χ3n) is 2.65. The zero-order valence-electron chi connectivity index (χ0n) is 11.4. The summed E-state index contributed by atoms with van der Waals surface area (Å²) in [5.74, 6) is -4.30. The fourth-order valence-electron chi connectivity index (χ4n) is 1.73. The molecule has 0 saturated carbocycles. The number of carbonyl (C=O) groups excluding carboxylic acids is 1. The van der Waals surface area contributed by atoms with E-state index in [0.717, 1.165) is 12.1 Å². The summed E-state index contributed by atoms with van der Waals surface area (Å²) in [6.45, 7) is 7.63. The van der Waals surface area contributed by atoms with Gasteiger partial charge in [0.15, 0.2) is 17.5 Å². The summed E-state index contributed by atoms with van der Waals surface area (Å²) in [5, 5.41) is 2.24. The number of hydrogen-bond acceptors (Lipinski definition) is 1. The van der Waals surface area contributed by atoms with Gasteiger partial charge in [0.1, 0.15) is 0 Å². The average Bonchev–Trinajstić information content (AvgIpc) is 2.29. The van der Waals surface area contributed by atoms with Gasteiger partial charge in [0.2, 0.25) is 0 Å². The average molecular weight is 274 g/mol. The first-order valence-electron chi connectivity index (χ1n) is 5.90. The van der Waals surface area contributed by atoms with E-state index in [4.69, 9.17) is 0 Å². The van der Waals surface area contributed by atoms with Gasteiger partial charge in [0, 0.05) is 12.1 Å². The number of benzene rings is 1. The minimum absolute atomic E-state index is 0.383. The van der Waals surface area contributed by atoms with Crippen molar-refractivity contribution in [1.29, 1.82) is 0 Å². The largest absolute Gasteiger partial charge is 0.322 e. The molecule has 0 bridgehead atoms. The van der Waals surface area contributed by atoms with E-state index < -0.39 is 29.0 Å². The molecule has 0 spiro atoms. The van der Waals surface area contributed by atoms with Crippen molar-refractivity contribution in [3.05, 3.63) is 29.6 Å². The smallest absolute Gasteiger partial charge is 0.320 e. The summed E-state index contributed by atoms with van der Waals surface area (Å²) >= 11 is 0. The van der Waals surface area contributed by atoms with E-state index in [1.165, 1.54) is 4.90 Å². The van der Waals surface area contributed by atoms with Gasteiger partial charge in [-0.2, -0.15) is 0 Å². The van der Waals surface area contributed by atoms with Crippen LogP contribution in [0.5, 0.6) is 0 Å². The molecule has 106 valence electrons. The van der Waals surface area contributed by atoms with Gasteiger partial charge in [-0.3, -0.25) is 0 Å². The van der Waals surface area contributed by atoms with Crippen LogP contribution >= 0.6 is 0 Å². The fourth-order valence-corrected chi connectivity index (χ4v) is 1.73. The van der Waals surface area contributed by atoms with Crippen molar-refractivity contribution in [3.8, 4) is 0 Å². The lowest BCUT2D eigenvalue weighted by atomic mass is 10.1. The Morgan fingerprint density at radius 1 is 1.21 bits per heavy atom. The predicted octanol–water partition coefficient (Wildman–Crippen LogP) is 3.76. The number of urea groups is 1. The van der Waals surface area contributed by atoms with E-state index >= 15 is 0 Å². The number of rotatable bonds is 2. The predicted molar refractivity (Wildman–Crippen MR) is 67.5 cm³/mol. The summed E-state index contributed by atoms with van der Waals surface area (Å²) in [6.07, 6.45) is 0. The van der Waals surface area contributed by atoms with Crippen LogP contribution in [-0.2, 0) is 0 Å². The van der Waals surface area contributed by atoms with Crippen LogP contribution in [0.2, 0.25) is 0 Å². The van der Waals surface area contributed by atoms with Crippen LogP contribution in [0.1, 0.15) is 27.7 Å². The first kappa shape index (κ1) is 15.3. The maximum atomic E-state index is 13.4. The Bertz CT molecular complexity index is 484. The molecule has 6 heteroatoms. The Labute approximate surface area is 110 Å². The Hall–Kier alpha value is -1.72. The number of nitrogens with zero attached hydrogens (tertiary/aromatic N) is 1. The van der Waals surface area contributed by atoms with Crippen molar-refractivity contribution in [2.45, 2.75) is 33.2 Å². The van der Waals surface area contributed by atoms with E-state index in [2.05, 4.69) is 5.32 Å². The maximum Gasteiger partial charge on any atom is 0.322 e. The molecule has 0 saturated heterocycles. The molecule has 3 nitrogen and oxygen atoms in total. The minimum atomic E-state index is -1.60. The molecule has 1 aromatic carbocycles. The molecule has 0 aromatic heterocycles. The van der Waals surface area contributed by atoms with Gasteiger partial charge in [-0.05, 0) is 39.8 Å². The standard InChI is InChI=1S/C13H17F3N2O/c1-5-18(13(2,3)4)12(19)17-9-7-6-8(14)10(15)11(9)16/h6-7H,5H2,1-4H3,(H,17,19). The van der Waals surface area contributed by atoms with E-state index in [9.17, 15) is 18.0 Å². The molecule has 19 heavy (non-hydrogen) atoms. The molecule has 0 atom stereocenters. The van der Waals surface area contributed by atoms with Gasteiger partial charge >= 0.3 is 6.03 Å². The molecule has 1 rings (SSSR count). The third kappa shape index (κ3) is 3.39. The van der Waals surface area contributed by atoms with Gasteiger partial charge < -0.3 is 10.2 Å². The summed E-state index contributed by atoms with van der Waals surface area (Å²) in [6, 6.07) is 1.18. The van der Waals surface area contributed by atoms with Crippen molar-refractivity contribution in [2.75, 3.05) is 11.9 Å². The zero-order valence-corrected chi connectivity index (χ0v) is 11.4. The van der Waals surface area contributed by atoms with Crippen LogP contribution in [0.4, 0.5) is 23.7 Å². The molecule has 0 radical (unpaired) electrons. The highest BCUT2D eigenvalue weighted by molar-refractivity contribution is 5.89. The third-order valence-corrected chi connectivity index (χ3v) is 2.65. The SMILES string of the molecule is CCN(C(=O)Nc1ccc(F)c(F)c1F)C(C)(C)C. The highest BCUT2D eigenvalue weighted by Gasteiger charge is 2.26. The van der Waals surface area contributed by atoms with Crippen LogP contribution in [-0.4, -0.2) is 23.0 Å². The van der Waals surface area contributed by atoms with E-state index in [1.807, 2.05) is 20.8 Å². The first-order chi connectivity index (χ1) is 8.68. The summed E-state index contributed by atoms with van der Waals surface area (Å²) in [7, 11) is 0. The van der Waals surface area contributed by atoms with Crippen LogP contribution < -0.4 is 5.32 Å². The van der Waals surface area contributed by atoms with Crippen molar-refractivity contribution in [1.82, 2.24) is 4.90 Å². The number of nitrogens with one attached hydrogen (secondary N) is 1. The van der Waals surface area contributed by atoms with Gasteiger partial charge in [-0.15, -0.1) is 0 Å². The van der Waals surface area contributed by atoms with Crippen LogP contribution in [0.25, 0.3) is 0 Å². The minimum Gasteiger partial charge on any atom is -0.320 e. The lowest BCUT2D eigenvalue weighted by Crippen LogP contribution is -2.47. The Balaban J connectivity index is 2.97. The number of amides is 2. The normalized spacial score (nSPS) is 11.3. The molecule has 1 N–H and O–H groups in total. The topological polar surface area (TPSA) is 32.3 Å². The molecular weight excluding hydrogens is 257 g/mol. The number of halogens is 3. The molecule has 0 aliphatic heterocycles. The first-order valence-corrected chi connectivity index (χ1v) is 5.90. The Kier molecular flexibility index (Phi) is 4.44. The molecule has 0 heterocycles. The van der Waals surface area contributed by atoms with Gasteiger partial charge in [0.25, 0.3) is 0 Å². The van der Waals surface area contributed by atoms with Crippen molar-refractivity contribution in [2.24, 2.45) is 0 Å². The lowest BCUT2D eigenvalue weighted by molar-refractivity contribution is 0.162. The summed E-state index contributed by atoms with van der Waals surface area (Å²) in [4.78, 5) is 13.4. The summed E-state index contributed by atoms with van der Waals surface area (Å²) < 4.78 is 39.3. The number of anilines is 1. The second kappa shape index (κ2) is 5.50. The second-order valence-corrected chi connectivity index (χ2v) is 5.07. The van der Waals surface area contributed by atoms with Crippen LogP contribution in [0.3, 0.4) is 0 Å². The number of carbonyl (C=O) groups is 1. The lowest BCUT2D eigenvalue weighted by Gasteiger charge is -2.34. The van der Waals surface area contributed by atoms with Crippen molar-refractivity contribution < 1.29 is 18.0 Å². The van der Waals surface area contributed by atoms with E-state index in [-0.39, 0.29) is 5.69 Å². The highest BCUT2D eigenvalue weighted by atomic mass is 19.2. The zero-order chi connectivity index (χ0) is 14.8. The van der Waals surface area contributed by atoms with Gasteiger partial charge in [-0.25, -0.2) is 18.0 Å². The maximum absolute atomic E-state index is 13.4. The molecule has 0 unspecified atom stereocenters. The molecule has 1 aromatic rings. The molecular formula is C13H17F3N2O. The van der Waals surface area contributed by atoms with Crippen LogP contribution in [0.15, 0.2) is 12.1 Å². The number of hydrogen-bond donors (Lipinski definition) is 1.